The quantitative estimate of drug-likeness (QED) is 0.671. The minimum Gasteiger partial charge on any atom is -0.364 e. The Morgan fingerprint density at radius 3 is 2.58 bits per heavy atom. The van der Waals surface area contributed by atoms with Crippen molar-refractivity contribution in [3.8, 4) is 5.69 Å². The number of rotatable bonds is 7. The van der Waals surface area contributed by atoms with E-state index in [0.29, 0.717) is 5.01 Å². The zero-order valence-corrected chi connectivity index (χ0v) is 14.4. The number of primary amides is 1. The molecule has 5 nitrogen and oxygen atoms in total. The van der Waals surface area contributed by atoms with Gasteiger partial charge in [-0.15, -0.1) is 11.3 Å². The standard InChI is InChI=1S/C18H20N4OS/c1-13-16(24-18(21-13)17(19)23)6-3-2-5-14-7-9-15(10-8-14)22-12-4-11-20-22/h4,7-12H,2-3,5-6H2,1H3,(H2,19,23). The largest absolute Gasteiger partial charge is 0.364 e. The summed E-state index contributed by atoms with van der Waals surface area (Å²) in [7, 11) is 0. The molecule has 1 aromatic carbocycles. The summed E-state index contributed by atoms with van der Waals surface area (Å²) in [6.45, 7) is 1.94. The Labute approximate surface area is 145 Å². The lowest BCUT2D eigenvalue weighted by Crippen LogP contribution is -2.10. The second kappa shape index (κ2) is 7.40. The Hall–Kier alpha value is -2.47. The van der Waals surface area contributed by atoms with E-state index in [1.54, 1.807) is 6.20 Å². The van der Waals surface area contributed by atoms with Crippen molar-refractivity contribution in [3.63, 3.8) is 0 Å². The summed E-state index contributed by atoms with van der Waals surface area (Å²) < 4.78 is 1.85. The first-order chi connectivity index (χ1) is 11.6. The highest BCUT2D eigenvalue weighted by Crippen LogP contribution is 2.20. The number of carbonyl (C=O) groups is 1. The van der Waals surface area contributed by atoms with Gasteiger partial charge in [-0.1, -0.05) is 12.1 Å². The maximum absolute atomic E-state index is 11.2. The van der Waals surface area contributed by atoms with E-state index in [0.717, 1.165) is 41.9 Å². The molecule has 0 saturated carbocycles. The van der Waals surface area contributed by atoms with Crippen molar-refractivity contribution in [2.24, 2.45) is 5.73 Å². The fourth-order valence-corrected chi connectivity index (χ4v) is 3.57. The molecule has 2 aromatic heterocycles. The van der Waals surface area contributed by atoms with Gasteiger partial charge in [0.15, 0.2) is 5.01 Å². The molecule has 0 saturated heterocycles. The molecule has 0 radical (unpaired) electrons. The van der Waals surface area contributed by atoms with Gasteiger partial charge in [0, 0.05) is 17.3 Å². The van der Waals surface area contributed by atoms with Crippen molar-refractivity contribution in [1.29, 1.82) is 0 Å². The van der Waals surface area contributed by atoms with Crippen LogP contribution in [0.25, 0.3) is 5.69 Å². The molecule has 0 atom stereocenters. The number of nitrogens with zero attached hydrogens (tertiary/aromatic N) is 3. The molecule has 0 bridgehead atoms. The summed E-state index contributed by atoms with van der Waals surface area (Å²) >= 11 is 1.42. The highest BCUT2D eigenvalue weighted by atomic mass is 32.1. The first-order valence-electron chi connectivity index (χ1n) is 7.98. The minimum absolute atomic E-state index is 0.414. The Bertz CT molecular complexity index is 806. The van der Waals surface area contributed by atoms with E-state index in [4.69, 9.17) is 5.73 Å². The molecular weight excluding hydrogens is 320 g/mol. The smallest absolute Gasteiger partial charge is 0.277 e. The van der Waals surface area contributed by atoms with Gasteiger partial charge in [0.2, 0.25) is 0 Å². The molecule has 2 N–H and O–H groups in total. The fraction of sp³-hybridized carbons (Fsp3) is 0.278. The predicted molar refractivity (Wildman–Crippen MR) is 95.6 cm³/mol. The van der Waals surface area contributed by atoms with E-state index in [9.17, 15) is 4.79 Å². The number of unbranched alkanes of at least 4 members (excludes halogenated alkanes) is 1. The summed E-state index contributed by atoms with van der Waals surface area (Å²) in [4.78, 5) is 16.5. The Morgan fingerprint density at radius 1 is 1.21 bits per heavy atom. The molecule has 0 spiro atoms. The number of benzene rings is 1. The number of thiazole rings is 1. The van der Waals surface area contributed by atoms with Gasteiger partial charge in [0.1, 0.15) is 0 Å². The van der Waals surface area contributed by atoms with E-state index < -0.39 is 5.91 Å². The van der Waals surface area contributed by atoms with Gasteiger partial charge in [-0.05, 0) is 56.4 Å². The summed E-state index contributed by atoms with van der Waals surface area (Å²) in [5, 5.41) is 4.64. The number of aryl methyl sites for hydroxylation is 3. The summed E-state index contributed by atoms with van der Waals surface area (Å²) in [6.07, 6.45) is 7.88. The van der Waals surface area contributed by atoms with E-state index >= 15 is 0 Å². The third kappa shape index (κ3) is 3.89. The van der Waals surface area contributed by atoms with Crippen LogP contribution in [0.4, 0.5) is 0 Å². The summed E-state index contributed by atoms with van der Waals surface area (Å²) in [5.74, 6) is -0.438. The third-order valence-corrected chi connectivity index (χ3v) is 5.16. The molecule has 3 rings (SSSR count). The molecule has 2 heterocycles. The van der Waals surface area contributed by atoms with E-state index in [1.807, 2.05) is 23.9 Å². The van der Waals surface area contributed by atoms with Gasteiger partial charge >= 0.3 is 0 Å². The molecule has 3 aromatic rings. The Balaban J connectivity index is 1.49. The van der Waals surface area contributed by atoms with Crippen LogP contribution in [-0.2, 0) is 12.8 Å². The minimum atomic E-state index is -0.438. The Kier molecular flexibility index (Phi) is 5.05. The molecule has 0 fully saturated rings. The van der Waals surface area contributed by atoms with E-state index in [-0.39, 0.29) is 0 Å². The highest BCUT2D eigenvalue weighted by molar-refractivity contribution is 7.13. The Morgan fingerprint density at radius 2 is 1.96 bits per heavy atom. The maximum atomic E-state index is 11.2. The number of carbonyl (C=O) groups excluding carboxylic acids is 1. The zero-order chi connectivity index (χ0) is 16.9. The van der Waals surface area contributed by atoms with Crippen LogP contribution in [0.2, 0.25) is 0 Å². The second-order valence-corrected chi connectivity index (χ2v) is 6.80. The number of hydrogen-bond donors (Lipinski definition) is 1. The first-order valence-corrected chi connectivity index (χ1v) is 8.80. The molecule has 124 valence electrons. The lowest BCUT2D eigenvalue weighted by molar-refractivity contribution is 0.1000. The van der Waals surface area contributed by atoms with Gasteiger partial charge < -0.3 is 5.73 Å². The summed E-state index contributed by atoms with van der Waals surface area (Å²) in [6, 6.07) is 10.4. The molecular formula is C18H20N4OS. The SMILES string of the molecule is Cc1nc(C(N)=O)sc1CCCCc1ccc(-n2cccn2)cc1. The van der Waals surface area contributed by atoms with Crippen molar-refractivity contribution in [1.82, 2.24) is 14.8 Å². The van der Waals surface area contributed by atoms with Crippen LogP contribution < -0.4 is 5.73 Å². The molecule has 1 amide bonds. The van der Waals surface area contributed by atoms with Crippen molar-refractivity contribution in [2.75, 3.05) is 0 Å². The number of nitrogens with two attached hydrogens (primary N) is 1. The van der Waals surface area contributed by atoms with Crippen LogP contribution in [0.5, 0.6) is 0 Å². The number of hydrogen-bond acceptors (Lipinski definition) is 4. The van der Waals surface area contributed by atoms with Crippen LogP contribution in [0.15, 0.2) is 42.7 Å². The third-order valence-electron chi connectivity index (χ3n) is 3.93. The molecule has 6 heteroatoms. The maximum Gasteiger partial charge on any atom is 0.277 e. The predicted octanol–water partition coefficient (Wildman–Crippen LogP) is 3.30. The first kappa shape index (κ1) is 16.4. The zero-order valence-electron chi connectivity index (χ0n) is 13.6. The van der Waals surface area contributed by atoms with E-state index in [2.05, 4.69) is 34.3 Å². The lowest BCUT2D eigenvalue weighted by atomic mass is 10.1. The molecule has 24 heavy (non-hydrogen) atoms. The number of amides is 1. The van der Waals surface area contributed by atoms with Crippen LogP contribution in [0.1, 0.15) is 38.8 Å². The topological polar surface area (TPSA) is 73.8 Å². The number of aromatic nitrogens is 3. The highest BCUT2D eigenvalue weighted by Gasteiger charge is 2.11. The molecule has 0 unspecified atom stereocenters. The monoisotopic (exact) mass is 340 g/mol. The average Bonchev–Trinajstić information content (AvgIpc) is 3.22. The van der Waals surface area contributed by atoms with Crippen molar-refractivity contribution >= 4 is 17.2 Å². The molecule has 0 aliphatic rings. The van der Waals surface area contributed by atoms with Crippen LogP contribution in [0.3, 0.4) is 0 Å². The van der Waals surface area contributed by atoms with Gasteiger partial charge in [-0.25, -0.2) is 9.67 Å². The van der Waals surface area contributed by atoms with Crippen LogP contribution >= 0.6 is 11.3 Å². The van der Waals surface area contributed by atoms with Crippen molar-refractivity contribution in [2.45, 2.75) is 32.6 Å². The van der Waals surface area contributed by atoms with Crippen molar-refractivity contribution < 1.29 is 4.79 Å². The van der Waals surface area contributed by atoms with Gasteiger partial charge in [0.25, 0.3) is 5.91 Å². The fourth-order valence-electron chi connectivity index (χ4n) is 2.62. The molecule has 0 aliphatic heterocycles. The van der Waals surface area contributed by atoms with Crippen LogP contribution in [-0.4, -0.2) is 20.7 Å². The van der Waals surface area contributed by atoms with E-state index in [1.165, 1.54) is 16.9 Å². The van der Waals surface area contributed by atoms with Gasteiger partial charge in [-0.2, -0.15) is 5.10 Å². The second-order valence-electron chi connectivity index (χ2n) is 5.72. The van der Waals surface area contributed by atoms with Gasteiger partial charge in [0.05, 0.1) is 11.4 Å². The van der Waals surface area contributed by atoms with Gasteiger partial charge in [-0.3, -0.25) is 4.79 Å². The summed E-state index contributed by atoms with van der Waals surface area (Å²) in [5.41, 5.74) is 8.60. The van der Waals surface area contributed by atoms with Crippen molar-refractivity contribution in [3.05, 3.63) is 63.9 Å². The lowest BCUT2D eigenvalue weighted by Gasteiger charge is -2.04. The normalized spacial score (nSPS) is 10.9. The molecule has 0 aliphatic carbocycles. The van der Waals surface area contributed by atoms with Crippen LogP contribution in [0, 0.1) is 6.92 Å². The average molecular weight is 340 g/mol.